The maximum absolute atomic E-state index is 9.78. The summed E-state index contributed by atoms with van der Waals surface area (Å²) in [4.78, 5) is 4.30. The van der Waals surface area contributed by atoms with Crippen LogP contribution in [0.15, 0.2) is 35.3 Å². The molecule has 122 valence electrons. The lowest BCUT2D eigenvalue weighted by Crippen LogP contribution is -2.22. The minimum absolute atomic E-state index is 0.287. The van der Waals surface area contributed by atoms with Crippen LogP contribution in [0.3, 0.4) is 0 Å². The number of phenolic OH excluding ortho intramolecular Hbond substituents is 1. The molecule has 0 amide bonds. The molecule has 2 aromatic carbocycles. The number of ether oxygens (including phenoxy) is 1. The minimum Gasteiger partial charge on any atom is -0.507 e. The minimum atomic E-state index is 0.287. The summed E-state index contributed by atoms with van der Waals surface area (Å²) in [5.41, 5.74) is 9.25. The average molecular weight is 334 g/mol. The smallest absolute Gasteiger partial charge is 0.193 e. The Hall–Kier alpha value is -2.40. The van der Waals surface area contributed by atoms with E-state index in [9.17, 15) is 5.11 Å². The number of aryl methyl sites for hydroxylation is 2. The normalized spacial score (nSPS) is 11.4. The van der Waals surface area contributed by atoms with E-state index in [1.165, 1.54) is 0 Å². The van der Waals surface area contributed by atoms with Gasteiger partial charge >= 0.3 is 0 Å². The van der Waals surface area contributed by atoms with Gasteiger partial charge in [0.05, 0.1) is 18.7 Å². The second-order valence-electron chi connectivity index (χ2n) is 5.25. The molecule has 0 aliphatic heterocycles. The van der Waals surface area contributed by atoms with E-state index in [0.29, 0.717) is 23.1 Å². The van der Waals surface area contributed by atoms with Crippen LogP contribution in [0.4, 0.5) is 5.69 Å². The maximum Gasteiger partial charge on any atom is 0.193 e. The van der Waals surface area contributed by atoms with Crippen LogP contribution in [-0.2, 0) is 6.54 Å². The maximum atomic E-state index is 9.78. The van der Waals surface area contributed by atoms with Crippen molar-refractivity contribution in [1.82, 2.24) is 0 Å². The first-order valence-corrected chi connectivity index (χ1v) is 7.48. The molecule has 4 N–H and O–H groups in total. The van der Waals surface area contributed by atoms with Crippen LogP contribution in [0.5, 0.6) is 11.5 Å². The summed E-state index contributed by atoms with van der Waals surface area (Å²) in [6.07, 6.45) is 0. The Morgan fingerprint density at radius 3 is 2.48 bits per heavy atom. The first-order valence-electron chi connectivity index (χ1n) is 7.10. The molecule has 5 nitrogen and oxygen atoms in total. The molecule has 6 heteroatoms. The fourth-order valence-corrected chi connectivity index (χ4v) is 2.50. The number of aliphatic imine (C=N–C) groups is 1. The monoisotopic (exact) mass is 333 g/mol. The van der Waals surface area contributed by atoms with Crippen molar-refractivity contribution in [2.75, 3.05) is 12.4 Å². The number of hydrogen-bond donors (Lipinski definition) is 3. The summed E-state index contributed by atoms with van der Waals surface area (Å²) in [6, 6.07) is 9.07. The quantitative estimate of drug-likeness (QED) is 0.590. The predicted octanol–water partition coefficient (Wildman–Crippen LogP) is 3.60. The molecule has 0 aromatic heterocycles. The lowest BCUT2D eigenvalue weighted by molar-refractivity contribution is 0.415. The lowest BCUT2D eigenvalue weighted by Gasteiger charge is -2.09. The Labute approximate surface area is 140 Å². The van der Waals surface area contributed by atoms with E-state index in [2.05, 4.69) is 10.3 Å². The van der Waals surface area contributed by atoms with Crippen molar-refractivity contribution in [3.05, 3.63) is 52.0 Å². The molecule has 0 saturated heterocycles. The first kappa shape index (κ1) is 17.0. The van der Waals surface area contributed by atoms with Crippen LogP contribution in [0, 0.1) is 13.8 Å². The van der Waals surface area contributed by atoms with E-state index >= 15 is 0 Å². The highest BCUT2D eigenvalue weighted by atomic mass is 35.5. The van der Waals surface area contributed by atoms with Gasteiger partial charge in [-0.2, -0.15) is 0 Å². The van der Waals surface area contributed by atoms with E-state index in [0.717, 1.165) is 22.4 Å². The van der Waals surface area contributed by atoms with Gasteiger partial charge in [-0.15, -0.1) is 0 Å². The number of phenols is 1. The zero-order chi connectivity index (χ0) is 17.0. The van der Waals surface area contributed by atoms with E-state index in [1.54, 1.807) is 19.2 Å². The van der Waals surface area contributed by atoms with Gasteiger partial charge in [0, 0.05) is 5.69 Å². The molecule has 0 saturated carbocycles. The molecule has 0 heterocycles. The van der Waals surface area contributed by atoms with Crippen molar-refractivity contribution in [2.45, 2.75) is 20.4 Å². The summed E-state index contributed by atoms with van der Waals surface area (Å²) in [7, 11) is 1.56. The number of guanidine groups is 1. The number of nitrogens with two attached hydrogens (primary N) is 1. The number of hydrogen-bond acceptors (Lipinski definition) is 3. The highest BCUT2D eigenvalue weighted by molar-refractivity contribution is 6.32. The Balaban J connectivity index is 2.07. The second kappa shape index (κ2) is 7.24. The molecule has 2 aromatic rings. The molecular weight excluding hydrogens is 314 g/mol. The average Bonchev–Trinajstić information content (AvgIpc) is 2.50. The summed E-state index contributed by atoms with van der Waals surface area (Å²) < 4.78 is 5.10. The molecular formula is C17H20ClN3O2. The summed E-state index contributed by atoms with van der Waals surface area (Å²) >= 11 is 6.07. The van der Waals surface area contributed by atoms with Crippen LogP contribution in [0.1, 0.15) is 16.7 Å². The Kier molecular flexibility index (Phi) is 5.34. The molecule has 0 bridgehead atoms. The number of nitrogens with one attached hydrogen (secondary N) is 1. The topological polar surface area (TPSA) is 79.9 Å². The van der Waals surface area contributed by atoms with Gasteiger partial charge in [0.25, 0.3) is 0 Å². The van der Waals surface area contributed by atoms with Crippen molar-refractivity contribution in [2.24, 2.45) is 10.7 Å². The second-order valence-corrected chi connectivity index (χ2v) is 5.66. The van der Waals surface area contributed by atoms with Gasteiger partial charge in [0.15, 0.2) is 5.96 Å². The molecule has 0 aliphatic carbocycles. The zero-order valence-corrected chi connectivity index (χ0v) is 14.1. The van der Waals surface area contributed by atoms with E-state index in [1.807, 2.05) is 32.0 Å². The lowest BCUT2D eigenvalue weighted by atomic mass is 10.1. The van der Waals surface area contributed by atoms with Crippen molar-refractivity contribution >= 4 is 23.2 Å². The first-order chi connectivity index (χ1) is 10.9. The van der Waals surface area contributed by atoms with Crippen LogP contribution in [-0.4, -0.2) is 18.2 Å². The fourth-order valence-electron chi connectivity index (χ4n) is 2.24. The number of halogens is 1. The van der Waals surface area contributed by atoms with E-state index in [-0.39, 0.29) is 5.96 Å². The number of rotatable bonds is 4. The third-order valence-electron chi connectivity index (χ3n) is 3.41. The molecule has 0 spiro atoms. The molecule has 23 heavy (non-hydrogen) atoms. The van der Waals surface area contributed by atoms with Gasteiger partial charge in [-0.05, 0) is 48.7 Å². The third kappa shape index (κ3) is 4.29. The predicted molar refractivity (Wildman–Crippen MR) is 94.5 cm³/mol. The fraction of sp³-hybridized carbons (Fsp3) is 0.235. The van der Waals surface area contributed by atoms with Crippen LogP contribution < -0.4 is 15.8 Å². The van der Waals surface area contributed by atoms with Crippen LogP contribution >= 0.6 is 11.6 Å². The summed E-state index contributed by atoms with van der Waals surface area (Å²) in [5, 5.41) is 13.3. The Morgan fingerprint density at radius 1 is 1.26 bits per heavy atom. The molecule has 0 unspecified atom stereocenters. The number of nitrogens with zero attached hydrogens (tertiary/aromatic N) is 1. The van der Waals surface area contributed by atoms with Gasteiger partial charge < -0.3 is 20.9 Å². The zero-order valence-electron chi connectivity index (χ0n) is 13.4. The van der Waals surface area contributed by atoms with Crippen molar-refractivity contribution < 1.29 is 9.84 Å². The van der Waals surface area contributed by atoms with Gasteiger partial charge in [0.2, 0.25) is 0 Å². The van der Waals surface area contributed by atoms with Gasteiger partial charge in [-0.3, -0.25) is 0 Å². The Bertz CT molecular complexity index is 722. The van der Waals surface area contributed by atoms with Crippen molar-refractivity contribution in [3.63, 3.8) is 0 Å². The summed E-state index contributed by atoms with van der Waals surface area (Å²) in [6.45, 7) is 4.14. The standard InChI is InChI=1S/C17H20ClN3O2/c1-10-6-12(7-11(2)16(10)22)9-20-17(19)21-13-4-5-15(23-3)14(18)8-13/h4-8,22H,9H2,1-3H3,(H3,19,20,21). The van der Waals surface area contributed by atoms with E-state index in [4.69, 9.17) is 22.1 Å². The van der Waals surface area contributed by atoms with Crippen LogP contribution in [0.2, 0.25) is 5.02 Å². The molecule has 0 radical (unpaired) electrons. The van der Waals surface area contributed by atoms with E-state index < -0.39 is 0 Å². The molecule has 0 aliphatic rings. The molecule has 2 rings (SSSR count). The molecule has 0 fully saturated rings. The highest BCUT2D eigenvalue weighted by Crippen LogP contribution is 2.27. The number of benzene rings is 2. The van der Waals surface area contributed by atoms with Crippen molar-refractivity contribution in [1.29, 1.82) is 0 Å². The highest BCUT2D eigenvalue weighted by Gasteiger charge is 2.04. The molecule has 0 atom stereocenters. The Morgan fingerprint density at radius 2 is 1.91 bits per heavy atom. The largest absolute Gasteiger partial charge is 0.507 e. The van der Waals surface area contributed by atoms with Gasteiger partial charge in [0.1, 0.15) is 11.5 Å². The van der Waals surface area contributed by atoms with Crippen molar-refractivity contribution in [3.8, 4) is 11.5 Å². The number of aromatic hydroxyl groups is 1. The summed E-state index contributed by atoms with van der Waals surface area (Å²) in [5.74, 6) is 1.20. The number of anilines is 1. The third-order valence-corrected chi connectivity index (χ3v) is 3.70. The van der Waals surface area contributed by atoms with Gasteiger partial charge in [-0.25, -0.2) is 4.99 Å². The van der Waals surface area contributed by atoms with Gasteiger partial charge in [-0.1, -0.05) is 23.7 Å². The number of methoxy groups -OCH3 is 1. The van der Waals surface area contributed by atoms with Crippen LogP contribution in [0.25, 0.3) is 0 Å². The SMILES string of the molecule is COc1ccc(NC(N)=NCc2cc(C)c(O)c(C)c2)cc1Cl.